The van der Waals surface area contributed by atoms with Crippen molar-refractivity contribution in [1.82, 2.24) is 4.90 Å². The van der Waals surface area contributed by atoms with E-state index in [0.717, 1.165) is 0 Å². The van der Waals surface area contributed by atoms with Gasteiger partial charge in [-0.2, -0.15) is 0 Å². The van der Waals surface area contributed by atoms with E-state index in [4.69, 9.17) is 14.6 Å². The maximum absolute atomic E-state index is 12.0. The molecule has 0 unspecified atom stereocenters. The van der Waals surface area contributed by atoms with E-state index in [1.807, 2.05) is 6.07 Å². The average molecular weight is 279 g/mol. The number of carboxylic acid groups (broad SMARTS) is 1. The van der Waals surface area contributed by atoms with Gasteiger partial charge in [0, 0.05) is 13.1 Å². The van der Waals surface area contributed by atoms with Crippen molar-refractivity contribution in [2.75, 3.05) is 26.8 Å². The van der Waals surface area contributed by atoms with E-state index < -0.39 is 11.9 Å². The third kappa shape index (κ3) is 3.20. The predicted molar refractivity (Wildman–Crippen MR) is 70.8 cm³/mol. The lowest BCUT2D eigenvalue weighted by molar-refractivity contribution is -0.141. The van der Waals surface area contributed by atoms with E-state index in [2.05, 4.69) is 0 Å². The first-order valence-electron chi connectivity index (χ1n) is 6.38. The third-order valence-corrected chi connectivity index (χ3v) is 3.31. The number of carbonyl (C=O) groups is 2. The van der Waals surface area contributed by atoms with Crippen LogP contribution in [0.25, 0.3) is 0 Å². The van der Waals surface area contributed by atoms with E-state index in [1.165, 1.54) is 12.0 Å². The average Bonchev–Trinajstić information content (AvgIpc) is 2.95. The number of nitrogens with zero attached hydrogens (tertiary/aromatic N) is 1. The molecule has 1 aromatic rings. The minimum atomic E-state index is -0.856. The lowest BCUT2D eigenvalue weighted by atomic mass is 10.1. The number of hydrogen-bond acceptors (Lipinski definition) is 4. The first-order valence-corrected chi connectivity index (χ1v) is 6.38. The Labute approximate surface area is 116 Å². The SMILES string of the molecule is COc1ccccc1OCC(=O)N1CC[C@@H](C(=O)O)C1. The van der Waals surface area contributed by atoms with Crippen LogP contribution in [0.5, 0.6) is 11.5 Å². The van der Waals surface area contributed by atoms with Crippen LogP contribution in [0.1, 0.15) is 6.42 Å². The molecule has 1 atom stereocenters. The molecule has 6 heteroatoms. The number of likely N-dealkylation sites (tertiary alicyclic amines) is 1. The van der Waals surface area contributed by atoms with Gasteiger partial charge >= 0.3 is 5.97 Å². The summed E-state index contributed by atoms with van der Waals surface area (Å²) >= 11 is 0. The molecule has 0 aromatic heterocycles. The fraction of sp³-hybridized carbons (Fsp3) is 0.429. The summed E-state index contributed by atoms with van der Waals surface area (Å²) in [5.41, 5.74) is 0. The van der Waals surface area contributed by atoms with Crippen molar-refractivity contribution >= 4 is 11.9 Å². The molecule has 1 fully saturated rings. The normalized spacial score (nSPS) is 17.9. The van der Waals surface area contributed by atoms with Crippen molar-refractivity contribution in [3.05, 3.63) is 24.3 Å². The summed E-state index contributed by atoms with van der Waals surface area (Å²) in [7, 11) is 1.53. The minimum absolute atomic E-state index is 0.118. The lowest BCUT2D eigenvalue weighted by Gasteiger charge is -2.16. The van der Waals surface area contributed by atoms with Crippen LogP contribution in [0, 0.1) is 5.92 Å². The second kappa shape index (κ2) is 6.27. The minimum Gasteiger partial charge on any atom is -0.493 e. The standard InChI is InChI=1S/C14H17NO5/c1-19-11-4-2-3-5-12(11)20-9-13(16)15-7-6-10(8-15)14(17)18/h2-5,10H,6-9H2,1H3,(H,17,18)/t10-/m1/s1. The van der Waals surface area contributed by atoms with E-state index in [-0.39, 0.29) is 19.1 Å². The molecule has 0 aliphatic carbocycles. The number of carboxylic acids is 1. The smallest absolute Gasteiger partial charge is 0.308 e. The van der Waals surface area contributed by atoms with Gasteiger partial charge in [-0.15, -0.1) is 0 Å². The van der Waals surface area contributed by atoms with Crippen LogP contribution in [0.4, 0.5) is 0 Å². The Morgan fingerprint density at radius 3 is 2.65 bits per heavy atom. The molecule has 2 rings (SSSR count). The molecule has 0 saturated carbocycles. The van der Waals surface area contributed by atoms with Gasteiger partial charge in [0.2, 0.25) is 0 Å². The second-order valence-electron chi connectivity index (χ2n) is 4.60. The number of carbonyl (C=O) groups excluding carboxylic acids is 1. The Bertz CT molecular complexity index is 502. The van der Waals surface area contributed by atoms with Crippen LogP contribution >= 0.6 is 0 Å². The third-order valence-electron chi connectivity index (χ3n) is 3.31. The van der Waals surface area contributed by atoms with Crippen molar-refractivity contribution in [1.29, 1.82) is 0 Å². The summed E-state index contributed by atoms with van der Waals surface area (Å²) in [5, 5.41) is 8.90. The molecule has 1 aliphatic heterocycles. The number of methoxy groups -OCH3 is 1. The molecule has 1 aliphatic rings. The molecule has 108 valence electrons. The second-order valence-corrected chi connectivity index (χ2v) is 4.60. The van der Waals surface area contributed by atoms with Crippen LogP contribution in [0.3, 0.4) is 0 Å². The maximum Gasteiger partial charge on any atom is 0.308 e. The predicted octanol–water partition coefficient (Wildman–Crippen LogP) is 1.01. The van der Waals surface area contributed by atoms with Crippen molar-refractivity contribution in [2.24, 2.45) is 5.92 Å². The first kappa shape index (κ1) is 14.2. The van der Waals surface area contributed by atoms with E-state index in [0.29, 0.717) is 24.5 Å². The Kier molecular flexibility index (Phi) is 4.45. The molecule has 1 amide bonds. The van der Waals surface area contributed by atoms with Gasteiger partial charge in [0.1, 0.15) is 0 Å². The zero-order valence-electron chi connectivity index (χ0n) is 11.2. The number of benzene rings is 1. The first-order chi connectivity index (χ1) is 9.61. The van der Waals surface area contributed by atoms with E-state index in [9.17, 15) is 9.59 Å². The molecular weight excluding hydrogens is 262 g/mol. The van der Waals surface area contributed by atoms with Crippen molar-refractivity contribution in [3.8, 4) is 11.5 Å². The quantitative estimate of drug-likeness (QED) is 0.870. The Balaban J connectivity index is 1.88. The topological polar surface area (TPSA) is 76.1 Å². The van der Waals surface area contributed by atoms with Gasteiger partial charge in [0.15, 0.2) is 18.1 Å². The summed E-state index contributed by atoms with van der Waals surface area (Å²) in [6, 6.07) is 7.07. The number of aliphatic carboxylic acids is 1. The van der Waals surface area contributed by atoms with Gasteiger partial charge in [-0.3, -0.25) is 9.59 Å². The molecule has 1 heterocycles. The number of ether oxygens (including phenoxy) is 2. The summed E-state index contributed by atoms with van der Waals surface area (Å²) in [6.07, 6.45) is 0.496. The summed E-state index contributed by atoms with van der Waals surface area (Å²) in [5.74, 6) is -0.474. The van der Waals surface area contributed by atoms with Crippen molar-refractivity contribution in [3.63, 3.8) is 0 Å². The fourth-order valence-electron chi connectivity index (χ4n) is 2.16. The summed E-state index contributed by atoms with van der Waals surface area (Å²) in [4.78, 5) is 24.3. The maximum atomic E-state index is 12.0. The molecule has 0 bridgehead atoms. The molecule has 0 radical (unpaired) electrons. The van der Waals surface area contributed by atoms with Crippen LogP contribution in [-0.4, -0.2) is 48.7 Å². The highest BCUT2D eigenvalue weighted by atomic mass is 16.5. The Morgan fingerprint density at radius 2 is 2.05 bits per heavy atom. The number of rotatable bonds is 5. The van der Waals surface area contributed by atoms with Crippen molar-refractivity contribution < 1.29 is 24.2 Å². The molecule has 1 aromatic carbocycles. The van der Waals surface area contributed by atoms with Crippen LogP contribution in [0.15, 0.2) is 24.3 Å². The zero-order valence-corrected chi connectivity index (χ0v) is 11.2. The summed E-state index contributed by atoms with van der Waals surface area (Å²) in [6.45, 7) is 0.598. The lowest BCUT2D eigenvalue weighted by Crippen LogP contribution is -2.33. The monoisotopic (exact) mass is 279 g/mol. The highest BCUT2D eigenvalue weighted by Crippen LogP contribution is 2.26. The number of para-hydroxylation sites is 2. The molecule has 1 N–H and O–H groups in total. The molecular formula is C14H17NO5. The molecule has 20 heavy (non-hydrogen) atoms. The van der Waals surface area contributed by atoms with Crippen molar-refractivity contribution in [2.45, 2.75) is 6.42 Å². The number of hydrogen-bond donors (Lipinski definition) is 1. The molecule has 1 saturated heterocycles. The van der Waals surface area contributed by atoms with Gasteiger partial charge in [0.05, 0.1) is 13.0 Å². The highest BCUT2D eigenvalue weighted by Gasteiger charge is 2.30. The van der Waals surface area contributed by atoms with Crippen LogP contribution in [-0.2, 0) is 9.59 Å². The summed E-state index contributed by atoms with van der Waals surface area (Å²) < 4.78 is 10.6. The van der Waals surface area contributed by atoms with Gasteiger partial charge in [0.25, 0.3) is 5.91 Å². The van der Waals surface area contributed by atoms with E-state index in [1.54, 1.807) is 18.2 Å². The Morgan fingerprint density at radius 1 is 1.35 bits per heavy atom. The Hall–Kier alpha value is -2.24. The molecule has 6 nitrogen and oxygen atoms in total. The highest BCUT2D eigenvalue weighted by molar-refractivity contribution is 5.80. The fourth-order valence-corrected chi connectivity index (χ4v) is 2.16. The van der Waals surface area contributed by atoms with Gasteiger partial charge in [-0.25, -0.2) is 0 Å². The van der Waals surface area contributed by atoms with Gasteiger partial charge in [-0.1, -0.05) is 12.1 Å². The number of amides is 1. The van der Waals surface area contributed by atoms with E-state index >= 15 is 0 Å². The van der Waals surface area contributed by atoms with Crippen LogP contribution in [0.2, 0.25) is 0 Å². The van der Waals surface area contributed by atoms with Gasteiger partial charge < -0.3 is 19.5 Å². The molecule has 0 spiro atoms. The van der Waals surface area contributed by atoms with Gasteiger partial charge in [-0.05, 0) is 18.6 Å². The van der Waals surface area contributed by atoms with Crippen LogP contribution < -0.4 is 9.47 Å². The zero-order chi connectivity index (χ0) is 14.5. The largest absolute Gasteiger partial charge is 0.493 e.